The number of anilines is 1. The second kappa shape index (κ2) is 12.5. The quantitative estimate of drug-likeness (QED) is 0.375. The van der Waals surface area contributed by atoms with Gasteiger partial charge in [-0.05, 0) is 56.8 Å². The third-order valence-electron chi connectivity index (χ3n) is 9.44. The topological polar surface area (TPSA) is 100 Å². The highest BCUT2D eigenvalue weighted by atomic mass is 16.5. The number of nitrogens with one attached hydrogen (secondary N) is 2. The highest BCUT2D eigenvalue weighted by Crippen LogP contribution is 2.55. The van der Waals surface area contributed by atoms with Crippen LogP contribution in [0.3, 0.4) is 0 Å². The van der Waals surface area contributed by atoms with Crippen LogP contribution in [-0.2, 0) is 19.1 Å². The first-order valence-corrected chi connectivity index (χ1v) is 15.5. The lowest BCUT2D eigenvalue weighted by atomic mass is 9.74. The Balaban J connectivity index is 1.42. The molecule has 5 rings (SSSR count). The standard InChI is InChI=1S/C32H46N4O5/c1-5-16-35(17-6-2)18-19-36-28(30(38)34-24-13-8-7-10-21(24)3)32-15-14-25(41-32)26(27(32)31(36)39)29(37)33-22-11-9-12-23(20-22)40-4/h9,11-12,14-15,20-21,24-28H,5-8,10,13,16-19H2,1-4H3,(H,33,37)(H,34,38)/t21-,24-,25+,26-,27+,28+,32+/m1/s1. The smallest absolute Gasteiger partial charge is 0.246 e. The fraction of sp³-hybridized carbons (Fsp3) is 0.656. The van der Waals surface area contributed by atoms with Crippen LogP contribution in [0.2, 0.25) is 0 Å². The first kappa shape index (κ1) is 29.6. The molecule has 1 aromatic carbocycles. The Labute approximate surface area is 244 Å². The van der Waals surface area contributed by atoms with Crippen LogP contribution in [0.1, 0.15) is 59.3 Å². The third kappa shape index (κ3) is 5.63. The van der Waals surface area contributed by atoms with Crippen molar-refractivity contribution < 1.29 is 23.9 Å². The molecule has 3 heterocycles. The molecule has 2 saturated heterocycles. The van der Waals surface area contributed by atoms with Crippen LogP contribution in [-0.4, -0.2) is 84.6 Å². The Morgan fingerprint density at radius 3 is 2.59 bits per heavy atom. The molecule has 3 amide bonds. The van der Waals surface area contributed by atoms with Gasteiger partial charge in [-0.1, -0.05) is 51.8 Å². The van der Waals surface area contributed by atoms with E-state index in [-0.39, 0.29) is 23.8 Å². The van der Waals surface area contributed by atoms with Gasteiger partial charge < -0.3 is 29.9 Å². The molecular formula is C32H46N4O5. The number of hydrogen-bond acceptors (Lipinski definition) is 6. The summed E-state index contributed by atoms with van der Waals surface area (Å²) >= 11 is 0. The lowest BCUT2D eigenvalue weighted by molar-refractivity contribution is -0.141. The number of hydrogen-bond donors (Lipinski definition) is 2. The minimum atomic E-state index is -1.15. The van der Waals surface area contributed by atoms with Crippen LogP contribution >= 0.6 is 0 Å². The number of methoxy groups -OCH3 is 1. The molecule has 224 valence electrons. The molecule has 9 heteroatoms. The number of benzene rings is 1. The van der Waals surface area contributed by atoms with Gasteiger partial charge in [0.15, 0.2) is 0 Å². The molecule has 7 atom stereocenters. The van der Waals surface area contributed by atoms with E-state index >= 15 is 0 Å². The predicted molar refractivity (Wildman–Crippen MR) is 157 cm³/mol. The summed E-state index contributed by atoms with van der Waals surface area (Å²) in [5.41, 5.74) is -0.562. The number of rotatable bonds is 12. The number of carbonyl (C=O) groups excluding carboxylic acids is 3. The first-order chi connectivity index (χ1) is 19.8. The molecule has 0 aromatic heterocycles. The van der Waals surface area contributed by atoms with E-state index < -0.39 is 29.6 Å². The Morgan fingerprint density at radius 2 is 1.88 bits per heavy atom. The molecule has 1 aromatic rings. The molecule has 0 unspecified atom stereocenters. The van der Waals surface area contributed by atoms with Crippen molar-refractivity contribution >= 4 is 23.4 Å². The zero-order chi connectivity index (χ0) is 29.1. The van der Waals surface area contributed by atoms with Gasteiger partial charge in [0.1, 0.15) is 17.4 Å². The van der Waals surface area contributed by atoms with E-state index in [2.05, 4.69) is 36.3 Å². The molecule has 1 aliphatic carbocycles. The van der Waals surface area contributed by atoms with Gasteiger partial charge in [-0.2, -0.15) is 0 Å². The van der Waals surface area contributed by atoms with Crippen molar-refractivity contribution in [1.82, 2.24) is 15.1 Å². The van der Waals surface area contributed by atoms with E-state index in [1.165, 1.54) is 6.42 Å². The van der Waals surface area contributed by atoms with Crippen molar-refractivity contribution in [1.29, 1.82) is 0 Å². The monoisotopic (exact) mass is 566 g/mol. The molecular weight excluding hydrogens is 520 g/mol. The molecule has 41 heavy (non-hydrogen) atoms. The second-order valence-electron chi connectivity index (χ2n) is 12.2. The van der Waals surface area contributed by atoms with Gasteiger partial charge in [0.2, 0.25) is 17.7 Å². The summed E-state index contributed by atoms with van der Waals surface area (Å²) in [6.07, 6.45) is 9.52. The van der Waals surface area contributed by atoms with E-state index in [0.717, 1.165) is 45.2 Å². The lowest BCUT2D eigenvalue weighted by Gasteiger charge is -2.36. The SMILES string of the molecule is CCCN(CCC)CCN1C(=O)[C@@H]2[C@H](C(=O)Nc3cccc(OC)c3)[C@@H]3C=C[C@@]2(O3)[C@@H]1C(=O)N[C@@H]1CCCC[C@H]1C. The number of fused-ring (bicyclic) bond motifs is 1. The van der Waals surface area contributed by atoms with E-state index in [0.29, 0.717) is 30.4 Å². The van der Waals surface area contributed by atoms with Gasteiger partial charge in [0, 0.05) is 30.9 Å². The first-order valence-electron chi connectivity index (χ1n) is 15.5. The summed E-state index contributed by atoms with van der Waals surface area (Å²) in [5.74, 6) is -1.10. The zero-order valence-corrected chi connectivity index (χ0v) is 24.9. The van der Waals surface area contributed by atoms with Crippen molar-refractivity contribution in [2.24, 2.45) is 17.8 Å². The third-order valence-corrected chi connectivity index (χ3v) is 9.44. The lowest BCUT2D eigenvalue weighted by Crippen LogP contribution is -2.58. The summed E-state index contributed by atoms with van der Waals surface area (Å²) in [6.45, 7) is 9.45. The van der Waals surface area contributed by atoms with Crippen molar-refractivity contribution in [2.75, 3.05) is 38.6 Å². The van der Waals surface area contributed by atoms with Gasteiger partial charge in [-0.3, -0.25) is 14.4 Å². The van der Waals surface area contributed by atoms with Crippen LogP contribution in [0.25, 0.3) is 0 Å². The maximum absolute atomic E-state index is 14.3. The van der Waals surface area contributed by atoms with E-state index in [9.17, 15) is 14.4 Å². The molecule has 4 aliphatic rings. The predicted octanol–water partition coefficient (Wildman–Crippen LogP) is 3.60. The Bertz CT molecular complexity index is 1150. The molecule has 3 fully saturated rings. The molecule has 2 bridgehead atoms. The number of ether oxygens (including phenoxy) is 2. The van der Waals surface area contributed by atoms with Crippen molar-refractivity contribution in [3.05, 3.63) is 36.4 Å². The van der Waals surface area contributed by atoms with Crippen LogP contribution in [0.4, 0.5) is 5.69 Å². The van der Waals surface area contributed by atoms with Crippen molar-refractivity contribution in [2.45, 2.75) is 83.1 Å². The fourth-order valence-electron chi connectivity index (χ4n) is 7.44. The van der Waals surface area contributed by atoms with Gasteiger partial charge in [-0.15, -0.1) is 0 Å². The summed E-state index contributed by atoms with van der Waals surface area (Å²) in [6, 6.07) is 6.42. The number of nitrogens with zero attached hydrogens (tertiary/aromatic N) is 2. The largest absolute Gasteiger partial charge is 0.497 e. The Kier molecular flexibility index (Phi) is 9.04. The van der Waals surface area contributed by atoms with Gasteiger partial charge in [0.25, 0.3) is 0 Å². The maximum atomic E-state index is 14.3. The minimum absolute atomic E-state index is 0.0788. The molecule has 1 spiro atoms. The van der Waals surface area contributed by atoms with Crippen molar-refractivity contribution in [3.8, 4) is 5.75 Å². The Hall–Kier alpha value is -2.91. The number of amides is 3. The summed E-state index contributed by atoms with van der Waals surface area (Å²) in [4.78, 5) is 46.2. The summed E-state index contributed by atoms with van der Waals surface area (Å²) in [5, 5.41) is 6.29. The second-order valence-corrected chi connectivity index (χ2v) is 12.2. The average Bonchev–Trinajstić information content (AvgIpc) is 3.60. The molecule has 1 saturated carbocycles. The van der Waals surface area contributed by atoms with Gasteiger partial charge in [-0.25, -0.2) is 0 Å². The number of carbonyl (C=O) groups is 3. The normalized spacial score (nSPS) is 31.9. The van der Waals surface area contributed by atoms with E-state index in [1.54, 1.807) is 30.2 Å². The number of likely N-dealkylation sites (tertiary alicyclic amines) is 1. The highest BCUT2D eigenvalue weighted by molar-refractivity contribution is 6.02. The van der Waals surface area contributed by atoms with Gasteiger partial charge in [0.05, 0.1) is 25.0 Å². The van der Waals surface area contributed by atoms with Crippen LogP contribution in [0, 0.1) is 17.8 Å². The van der Waals surface area contributed by atoms with E-state index in [4.69, 9.17) is 9.47 Å². The molecule has 2 N–H and O–H groups in total. The fourth-order valence-corrected chi connectivity index (χ4v) is 7.44. The van der Waals surface area contributed by atoms with Crippen LogP contribution in [0.15, 0.2) is 36.4 Å². The van der Waals surface area contributed by atoms with E-state index in [1.807, 2.05) is 18.2 Å². The van der Waals surface area contributed by atoms with Gasteiger partial charge >= 0.3 is 0 Å². The maximum Gasteiger partial charge on any atom is 0.246 e. The average molecular weight is 567 g/mol. The van der Waals surface area contributed by atoms with Crippen LogP contribution < -0.4 is 15.4 Å². The Morgan fingerprint density at radius 1 is 1.12 bits per heavy atom. The highest BCUT2D eigenvalue weighted by Gasteiger charge is 2.72. The summed E-state index contributed by atoms with van der Waals surface area (Å²) in [7, 11) is 1.58. The minimum Gasteiger partial charge on any atom is -0.497 e. The molecule has 3 aliphatic heterocycles. The zero-order valence-electron chi connectivity index (χ0n) is 24.9. The summed E-state index contributed by atoms with van der Waals surface area (Å²) < 4.78 is 11.8. The molecule has 9 nitrogen and oxygen atoms in total. The van der Waals surface area contributed by atoms with Crippen molar-refractivity contribution in [3.63, 3.8) is 0 Å². The molecule has 0 radical (unpaired) electrons. The van der Waals surface area contributed by atoms with Crippen LogP contribution in [0.5, 0.6) is 5.75 Å².